The van der Waals surface area contributed by atoms with Gasteiger partial charge in [0.25, 0.3) is 0 Å². The summed E-state index contributed by atoms with van der Waals surface area (Å²) in [6, 6.07) is 5.39. The number of nitrogens with one attached hydrogen (secondary N) is 1. The monoisotopic (exact) mass is 301 g/mol. The molecule has 0 amide bonds. The number of hydrogen-bond donors (Lipinski definition) is 1. The van der Waals surface area contributed by atoms with Gasteiger partial charge >= 0.3 is 11.9 Å². The number of cyclic esters (lactones) is 1. The van der Waals surface area contributed by atoms with E-state index >= 15 is 0 Å². The first kappa shape index (κ1) is 15.5. The van der Waals surface area contributed by atoms with Crippen molar-refractivity contribution in [3.63, 3.8) is 0 Å². The van der Waals surface area contributed by atoms with Crippen LogP contribution in [-0.2, 0) is 16.1 Å². The van der Waals surface area contributed by atoms with Gasteiger partial charge in [-0.05, 0) is 17.7 Å². The fourth-order valence-electron chi connectivity index (χ4n) is 2.13. The Morgan fingerprint density at radius 3 is 2.62 bits per heavy atom. The van der Waals surface area contributed by atoms with Crippen molar-refractivity contribution in [1.29, 1.82) is 0 Å². The van der Waals surface area contributed by atoms with Gasteiger partial charge in [0.15, 0.2) is 11.5 Å². The number of carbonyl (C=O) groups is 1. The highest BCUT2D eigenvalue weighted by atomic mass is 19.3. The topological polar surface area (TPSA) is 56.8 Å². The minimum atomic E-state index is -3.37. The van der Waals surface area contributed by atoms with Crippen molar-refractivity contribution >= 4 is 5.97 Å². The molecule has 7 heteroatoms. The number of hydrogen-bond acceptors (Lipinski definition) is 5. The highest BCUT2D eigenvalue weighted by Crippen LogP contribution is 2.30. The van der Waals surface area contributed by atoms with Crippen LogP contribution in [0.2, 0.25) is 0 Å². The Kier molecular flexibility index (Phi) is 4.62. The van der Waals surface area contributed by atoms with Crippen molar-refractivity contribution in [2.75, 3.05) is 20.8 Å². The normalized spacial score (nSPS) is 20.2. The van der Waals surface area contributed by atoms with E-state index in [9.17, 15) is 13.6 Å². The van der Waals surface area contributed by atoms with Gasteiger partial charge in [-0.15, -0.1) is 0 Å². The Morgan fingerprint density at radius 1 is 1.33 bits per heavy atom. The zero-order chi connectivity index (χ0) is 15.5. The molecule has 1 fully saturated rings. The van der Waals surface area contributed by atoms with Crippen molar-refractivity contribution < 1.29 is 27.8 Å². The van der Waals surface area contributed by atoms with Crippen LogP contribution in [0, 0.1) is 0 Å². The van der Waals surface area contributed by atoms with Gasteiger partial charge in [0.1, 0.15) is 6.10 Å². The molecule has 116 valence electrons. The molecule has 0 aliphatic carbocycles. The number of carbonyl (C=O) groups excluding carboxylic acids is 1. The fourth-order valence-corrected chi connectivity index (χ4v) is 2.13. The van der Waals surface area contributed by atoms with Crippen molar-refractivity contribution in [1.82, 2.24) is 5.32 Å². The minimum Gasteiger partial charge on any atom is -0.493 e. The summed E-state index contributed by atoms with van der Waals surface area (Å²) in [6.07, 6.45) is -1.38. The van der Waals surface area contributed by atoms with Crippen LogP contribution in [0.15, 0.2) is 18.2 Å². The van der Waals surface area contributed by atoms with Crippen LogP contribution in [0.3, 0.4) is 0 Å². The summed E-state index contributed by atoms with van der Waals surface area (Å²) in [5.74, 6) is -3.60. The molecule has 0 radical (unpaired) electrons. The van der Waals surface area contributed by atoms with E-state index in [0.717, 1.165) is 5.56 Å². The van der Waals surface area contributed by atoms with E-state index in [2.05, 4.69) is 10.1 Å². The first-order valence-corrected chi connectivity index (χ1v) is 6.47. The maximum atomic E-state index is 13.0. The molecule has 0 aromatic heterocycles. The summed E-state index contributed by atoms with van der Waals surface area (Å²) in [5, 5.41) is 2.98. The molecule has 1 aliphatic heterocycles. The van der Waals surface area contributed by atoms with E-state index in [1.54, 1.807) is 19.2 Å². The zero-order valence-corrected chi connectivity index (χ0v) is 11.8. The van der Waals surface area contributed by atoms with Crippen molar-refractivity contribution in [2.24, 2.45) is 0 Å². The predicted octanol–water partition coefficient (Wildman–Crippen LogP) is 1.74. The van der Waals surface area contributed by atoms with E-state index in [4.69, 9.17) is 9.47 Å². The Bertz CT molecular complexity index is 522. The summed E-state index contributed by atoms with van der Waals surface area (Å²) in [5.41, 5.74) is 0.906. The number of rotatable bonds is 6. The summed E-state index contributed by atoms with van der Waals surface area (Å²) < 4.78 is 40.9. The molecule has 0 bridgehead atoms. The molecule has 2 rings (SSSR count). The molecule has 5 nitrogen and oxygen atoms in total. The van der Waals surface area contributed by atoms with E-state index < -0.39 is 24.4 Å². The van der Waals surface area contributed by atoms with Gasteiger partial charge in [-0.2, -0.15) is 8.78 Å². The zero-order valence-electron chi connectivity index (χ0n) is 11.8. The minimum absolute atomic E-state index is 0.176. The van der Waals surface area contributed by atoms with Crippen LogP contribution in [0.5, 0.6) is 11.5 Å². The number of benzene rings is 1. The van der Waals surface area contributed by atoms with Gasteiger partial charge in [-0.1, -0.05) is 6.07 Å². The molecule has 1 saturated heterocycles. The molecule has 1 aromatic carbocycles. The highest BCUT2D eigenvalue weighted by Gasteiger charge is 2.50. The molecule has 1 aliphatic rings. The van der Waals surface area contributed by atoms with E-state index in [1.165, 1.54) is 7.11 Å². The van der Waals surface area contributed by atoms with Crippen LogP contribution in [0.1, 0.15) is 12.0 Å². The number of esters is 1. The Hall–Kier alpha value is -1.89. The molecule has 1 heterocycles. The standard InChI is InChI=1S/C14H17F2NO4/c1-19-11-4-3-9(5-12(11)20-2)7-17-8-10-6-14(15,16)13(18)21-10/h3-5,10,17H,6-8H2,1-2H3. The Morgan fingerprint density at radius 2 is 2.05 bits per heavy atom. The summed E-state index contributed by atoms with van der Waals surface area (Å²) in [7, 11) is 3.08. The second-order valence-corrected chi connectivity index (χ2v) is 4.76. The van der Waals surface area contributed by atoms with E-state index in [-0.39, 0.29) is 6.54 Å². The lowest BCUT2D eigenvalue weighted by Crippen LogP contribution is -2.26. The van der Waals surface area contributed by atoms with E-state index in [1.807, 2.05) is 6.07 Å². The van der Waals surface area contributed by atoms with Crippen molar-refractivity contribution in [3.8, 4) is 11.5 Å². The Labute approximate surface area is 121 Å². The lowest BCUT2D eigenvalue weighted by atomic mass is 10.1. The SMILES string of the molecule is COc1ccc(CNCC2CC(F)(F)C(=O)O2)cc1OC. The van der Waals surface area contributed by atoms with Gasteiger partial charge in [0, 0.05) is 13.1 Å². The van der Waals surface area contributed by atoms with Crippen molar-refractivity contribution in [2.45, 2.75) is 25.0 Å². The molecule has 1 aromatic rings. The average molecular weight is 301 g/mol. The number of methoxy groups -OCH3 is 2. The van der Waals surface area contributed by atoms with Crippen molar-refractivity contribution in [3.05, 3.63) is 23.8 Å². The van der Waals surface area contributed by atoms with Gasteiger partial charge in [-0.25, -0.2) is 4.79 Å². The quantitative estimate of drug-likeness (QED) is 0.811. The molecular weight excluding hydrogens is 284 g/mol. The largest absolute Gasteiger partial charge is 0.493 e. The van der Waals surface area contributed by atoms with Gasteiger partial charge < -0.3 is 19.5 Å². The van der Waals surface area contributed by atoms with Crippen LogP contribution in [0.4, 0.5) is 8.78 Å². The van der Waals surface area contributed by atoms with Crippen LogP contribution >= 0.6 is 0 Å². The number of alkyl halides is 2. The maximum Gasteiger partial charge on any atom is 0.377 e. The van der Waals surface area contributed by atoms with E-state index in [0.29, 0.717) is 18.0 Å². The van der Waals surface area contributed by atoms with Crippen LogP contribution in [-0.4, -0.2) is 38.8 Å². The molecule has 1 unspecified atom stereocenters. The molecular formula is C14H17F2NO4. The fraction of sp³-hybridized carbons (Fsp3) is 0.500. The lowest BCUT2D eigenvalue weighted by Gasteiger charge is -2.12. The average Bonchev–Trinajstić information content (AvgIpc) is 2.71. The highest BCUT2D eigenvalue weighted by molar-refractivity contribution is 5.79. The first-order valence-electron chi connectivity index (χ1n) is 6.47. The van der Waals surface area contributed by atoms with Gasteiger partial charge in [-0.3, -0.25) is 0 Å². The molecule has 0 saturated carbocycles. The van der Waals surface area contributed by atoms with Gasteiger partial charge in [0.05, 0.1) is 20.6 Å². The third-order valence-electron chi connectivity index (χ3n) is 3.21. The third-order valence-corrected chi connectivity index (χ3v) is 3.21. The number of halogens is 2. The molecule has 21 heavy (non-hydrogen) atoms. The summed E-state index contributed by atoms with van der Waals surface area (Å²) in [4.78, 5) is 10.9. The second kappa shape index (κ2) is 6.26. The first-order chi connectivity index (χ1) is 9.96. The lowest BCUT2D eigenvalue weighted by molar-refractivity contribution is -0.159. The van der Waals surface area contributed by atoms with Crippen LogP contribution < -0.4 is 14.8 Å². The predicted molar refractivity (Wildman–Crippen MR) is 70.7 cm³/mol. The smallest absolute Gasteiger partial charge is 0.377 e. The van der Waals surface area contributed by atoms with Gasteiger partial charge in [0.2, 0.25) is 0 Å². The summed E-state index contributed by atoms with van der Waals surface area (Å²) >= 11 is 0. The molecule has 1 N–H and O–H groups in total. The summed E-state index contributed by atoms with van der Waals surface area (Å²) in [6.45, 7) is 0.621. The molecule has 0 spiro atoms. The third kappa shape index (κ3) is 3.60. The Balaban J connectivity index is 1.86. The molecule has 1 atom stereocenters. The second-order valence-electron chi connectivity index (χ2n) is 4.76. The van der Waals surface area contributed by atoms with Crippen LogP contribution in [0.25, 0.3) is 0 Å². The number of ether oxygens (including phenoxy) is 3. The maximum absolute atomic E-state index is 13.0.